The molecule has 2 atom stereocenters. The summed E-state index contributed by atoms with van der Waals surface area (Å²) in [5.74, 6) is -6.54. The van der Waals surface area contributed by atoms with Crippen molar-refractivity contribution < 1.29 is 32.8 Å². The van der Waals surface area contributed by atoms with Gasteiger partial charge in [-0.1, -0.05) is 70.2 Å². The average Bonchev–Trinajstić information content (AvgIpc) is 2.73. The number of hydrazine groups is 1. The Balaban J connectivity index is 3.18. The van der Waals surface area contributed by atoms with E-state index in [0.29, 0.717) is 0 Å². The van der Waals surface area contributed by atoms with Crippen LogP contribution in [0.3, 0.4) is 0 Å². The molecule has 0 heterocycles. The summed E-state index contributed by atoms with van der Waals surface area (Å²) in [5, 5.41) is 9.46. The van der Waals surface area contributed by atoms with Crippen LogP contribution >= 0.6 is 0 Å². The molecule has 1 rings (SSSR count). The highest BCUT2D eigenvalue weighted by Crippen LogP contribution is 2.26. The van der Waals surface area contributed by atoms with Gasteiger partial charge in [-0.25, -0.2) is 10.5 Å². The van der Waals surface area contributed by atoms with Gasteiger partial charge in [-0.3, -0.25) is 25.0 Å². The minimum Gasteiger partial charge on any atom is -0.289 e. The molecule has 33 heavy (non-hydrogen) atoms. The average molecular weight is 472 g/mol. The van der Waals surface area contributed by atoms with Crippen molar-refractivity contribution >= 4 is 23.8 Å². The molecule has 0 saturated heterocycles. The zero-order valence-electron chi connectivity index (χ0n) is 19.2. The second-order valence-corrected chi connectivity index (χ2v) is 8.65. The van der Waals surface area contributed by atoms with E-state index in [4.69, 9.17) is 0 Å². The number of halogens is 3. The summed E-state index contributed by atoms with van der Waals surface area (Å²) in [6.07, 6.45) is -1.58. The Bertz CT molecular complexity index is 811. The normalized spacial score (nSPS) is 13.8. The molecular formula is C23H32F3N3O4. The van der Waals surface area contributed by atoms with Gasteiger partial charge < -0.3 is 0 Å². The van der Waals surface area contributed by atoms with Crippen LogP contribution in [-0.4, -0.2) is 40.7 Å². The maximum Gasteiger partial charge on any atom is 0.473 e. The summed E-state index contributed by atoms with van der Waals surface area (Å²) >= 11 is 0. The van der Waals surface area contributed by atoms with E-state index < -0.39 is 35.7 Å². The van der Waals surface area contributed by atoms with Crippen LogP contribution in [-0.2, 0) is 14.4 Å². The number of carbonyl (C=O) groups is 3. The fourth-order valence-electron chi connectivity index (χ4n) is 3.33. The number of hydrogen-bond acceptors (Lipinski definition) is 4. The monoisotopic (exact) mass is 471 g/mol. The number of benzene rings is 1. The number of alkyl halides is 3. The minimum atomic E-state index is -5.17. The first kappa shape index (κ1) is 28.2. The Morgan fingerprint density at radius 2 is 1.61 bits per heavy atom. The zero-order valence-corrected chi connectivity index (χ0v) is 19.2. The number of rotatable bonds is 10. The number of amides is 3. The van der Waals surface area contributed by atoms with Crippen molar-refractivity contribution in [3.63, 3.8) is 0 Å². The third-order valence-electron chi connectivity index (χ3n) is 4.78. The summed E-state index contributed by atoms with van der Waals surface area (Å²) in [6, 6.07) is 9.17. The molecule has 0 spiro atoms. The van der Waals surface area contributed by atoms with Crippen molar-refractivity contribution in [2.75, 3.05) is 6.54 Å². The predicted octanol–water partition coefficient (Wildman–Crippen LogP) is 3.95. The Morgan fingerprint density at radius 1 is 1.00 bits per heavy atom. The molecule has 0 fully saturated rings. The van der Waals surface area contributed by atoms with Gasteiger partial charge in [0.1, 0.15) is 0 Å². The van der Waals surface area contributed by atoms with Crippen LogP contribution in [0.4, 0.5) is 13.2 Å². The highest BCUT2D eigenvalue weighted by Gasteiger charge is 2.44. The van der Waals surface area contributed by atoms with Crippen LogP contribution in [0.2, 0.25) is 0 Å². The molecule has 0 aliphatic carbocycles. The topological polar surface area (TPSA) is 98.7 Å². The van der Waals surface area contributed by atoms with Gasteiger partial charge in [0, 0.05) is 6.54 Å². The fourth-order valence-corrected chi connectivity index (χ4v) is 3.33. The van der Waals surface area contributed by atoms with E-state index in [1.807, 2.05) is 30.3 Å². The molecule has 1 aromatic carbocycles. The van der Waals surface area contributed by atoms with E-state index >= 15 is 0 Å². The molecule has 184 valence electrons. The van der Waals surface area contributed by atoms with Crippen LogP contribution < -0.4 is 10.9 Å². The van der Waals surface area contributed by atoms with Crippen LogP contribution in [0.5, 0.6) is 0 Å². The van der Waals surface area contributed by atoms with Crippen LogP contribution in [0.1, 0.15) is 46.1 Å². The summed E-state index contributed by atoms with van der Waals surface area (Å²) in [4.78, 5) is 37.3. The van der Waals surface area contributed by atoms with Gasteiger partial charge in [0.25, 0.3) is 0 Å². The molecule has 7 nitrogen and oxygen atoms in total. The van der Waals surface area contributed by atoms with E-state index in [9.17, 15) is 32.8 Å². The lowest BCUT2D eigenvalue weighted by Gasteiger charge is -2.30. The van der Waals surface area contributed by atoms with Gasteiger partial charge in [-0.2, -0.15) is 13.2 Å². The number of allylic oxidation sites excluding steroid dienone is 1. The van der Waals surface area contributed by atoms with E-state index in [0.717, 1.165) is 5.56 Å². The maximum atomic E-state index is 13.0. The van der Waals surface area contributed by atoms with Gasteiger partial charge >= 0.3 is 12.1 Å². The molecule has 0 saturated carbocycles. The predicted molar refractivity (Wildman–Crippen MR) is 117 cm³/mol. The van der Waals surface area contributed by atoms with E-state index in [1.54, 1.807) is 45.3 Å². The molecule has 3 N–H and O–H groups in total. The lowest BCUT2D eigenvalue weighted by molar-refractivity contribution is -0.190. The molecule has 0 aromatic heterocycles. The lowest BCUT2D eigenvalue weighted by Crippen LogP contribution is -2.55. The van der Waals surface area contributed by atoms with Crippen LogP contribution in [0.15, 0.2) is 36.4 Å². The summed E-state index contributed by atoms with van der Waals surface area (Å²) in [7, 11) is 0. The summed E-state index contributed by atoms with van der Waals surface area (Å²) < 4.78 is 39.1. The highest BCUT2D eigenvalue weighted by atomic mass is 19.4. The summed E-state index contributed by atoms with van der Waals surface area (Å²) in [5.41, 5.74) is 4.46. The smallest absolute Gasteiger partial charge is 0.289 e. The Kier molecular flexibility index (Phi) is 11.1. The third-order valence-corrected chi connectivity index (χ3v) is 4.78. The molecule has 10 heteroatoms. The van der Waals surface area contributed by atoms with E-state index in [2.05, 4.69) is 5.43 Å². The molecule has 0 aliphatic rings. The maximum absolute atomic E-state index is 13.0. The van der Waals surface area contributed by atoms with Crippen molar-refractivity contribution in [3.05, 3.63) is 42.0 Å². The Labute approximate surface area is 192 Å². The van der Waals surface area contributed by atoms with Gasteiger partial charge in [-0.15, -0.1) is 0 Å². The quantitative estimate of drug-likeness (QED) is 0.355. The van der Waals surface area contributed by atoms with E-state index in [-0.39, 0.29) is 36.2 Å². The number of hydrogen-bond donors (Lipinski definition) is 3. The molecule has 0 unspecified atom stereocenters. The Morgan fingerprint density at radius 3 is 2.09 bits per heavy atom. The molecule has 0 bridgehead atoms. The van der Waals surface area contributed by atoms with Crippen molar-refractivity contribution in [1.29, 1.82) is 0 Å². The minimum absolute atomic E-state index is 0.0451. The van der Waals surface area contributed by atoms with Gasteiger partial charge in [-0.05, 0) is 30.2 Å². The number of hydroxylamine groups is 1. The standard InChI is InChI=1S/C23H32F3N3O4/c1-15(2)13-19(20(30)27-29(14-16(3)4)22(32)23(24,25)26)18(21(31)28-33)12-8-11-17-9-6-5-7-10-17/h5-11,15-16,18-19,33H,12-14H2,1-4H3,(H,27,30)(H,28,31)/b11-8+/t18-,19+/m0/s1. The molecule has 0 aliphatic heterocycles. The number of nitrogens with one attached hydrogen (secondary N) is 2. The van der Waals surface area contributed by atoms with Crippen molar-refractivity contribution in [1.82, 2.24) is 15.9 Å². The van der Waals surface area contributed by atoms with Gasteiger partial charge in [0.15, 0.2) is 0 Å². The van der Waals surface area contributed by atoms with Crippen molar-refractivity contribution in [3.8, 4) is 0 Å². The van der Waals surface area contributed by atoms with Crippen LogP contribution in [0, 0.1) is 23.7 Å². The largest absolute Gasteiger partial charge is 0.473 e. The van der Waals surface area contributed by atoms with Gasteiger partial charge in [0.05, 0.1) is 11.8 Å². The molecule has 3 amide bonds. The second-order valence-electron chi connectivity index (χ2n) is 8.65. The number of nitrogens with zero attached hydrogens (tertiary/aromatic N) is 1. The zero-order chi connectivity index (χ0) is 25.2. The van der Waals surface area contributed by atoms with Crippen LogP contribution in [0.25, 0.3) is 6.08 Å². The SMILES string of the molecule is CC(C)C[C@@H](C(=O)NN(CC(C)C)C(=O)C(F)(F)F)[C@H](C/C=C/c1ccccc1)C(=O)NO. The number of carbonyl (C=O) groups excluding carboxylic acids is 3. The van der Waals surface area contributed by atoms with Crippen molar-refractivity contribution in [2.45, 2.75) is 46.7 Å². The van der Waals surface area contributed by atoms with E-state index in [1.165, 1.54) is 0 Å². The first-order valence-electron chi connectivity index (χ1n) is 10.7. The highest BCUT2D eigenvalue weighted by molar-refractivity contribution is 5.89. The summed E-state index contributed by atoms with van der Waals surface area (Å²) in [6.45, 7) is 6.43. The molecular weight excluding hydrogens is 439 g/mol. The molecule has 0 radical (unpaired) electrons. The first-order valence-corrected chi connectivity index (χ1v) is 10.7. The first-order chi connectivity index (χ1) is 15.4. The second kappa shape index (κ2) is 13.0. The Hall–Kier alpha value is -2.88. The van der Waals surface area contributed by atoms with Gasteiger partial charge in [0.2, 0.25) is 11.8 Å². The fraction of sp³-hybridized carbons (Fsp3) is 0.522. The van der Waals surface area contributed by atoms with Crippen molar-refractivity contribution in [2.24, 2.45) is 23.7 Å². The lowest BCUT2D eigenvalue weighted by atomic mass is 9.82. The third kappa shape index (κ3) is 9.65. The molecule has 1 aromatic rings.